The van der Waals surface area contributed by atoms with Gasteiger partial charge in [-0.05, 0) is 37.8 Å². The van der Waals surface area contributed by atoms with Gasteiger partial charge in [0.25, 0.3) is 5.91 Å². The Labute approximate surface area is 107 Å². The van der Waals surface area contributed by atoms with Crippen molar-refractivity contribution in [1.82, 2.24) is 15.6 Å². The highest BCUT2D eigenvalue weighted by Gasteiger charge is 2.34. The van der Waals surface area contributed by atoms with Gasteiger partial charge in [0.1, 0.15) is 5.69 Å². The largest absolute Gasteiger partial charge is 0.357 e. The van der Waals surface area contributed by atoms with E-state index in [4.69, 9.17) is 0 Å². The number of carbonyl (C=O) groups is 1. The molecule has 17 heavy (non-hydrogen) atoms. The molecule has 1 amide bonds. The number of carbonyl (C=O) groups excluding carboxylic acids is 1. The zero-order valence-electron chi connectivity index (χ0n) is 9.61. The highest BCUT2D eigenvalue weighted by atomic mass is 35.5. The van der Waals surface area contributed by atoms with Gasteiger partial charge >= 0.3 is 0 Å². The van der Waals surface area contributed by atoms with Gasteiger partial charge in [-0.2, -0.15) is 0 Å². The van der Waals surface area contributed by atoms with Crippen molar-refractivity contribution in [3.05, 3.63) is 24.0 Å². The molecule has 0 saturated carbocycles. The molecule has 2 saturated heterocycles. The van der Waals surface area contributed by atoms with Crippen molar-refractivity contribution >= 4 is 18.3 Å². The Kier molecular flexibility index (Phi) is 3.74. The number of H-pyrrole nitrogens is 1. The van der Waals surface area contributed by atoms with E-state index in [0.29, 0.717) is 23.8 Å². The molecule has 2 fully saturated rings. The molecular formula is C12H18ClN3O. The lowest BCUT2D eigenvalue weighted by Crippen LogP contribution is -2.48. The molecule has 1 aromatic rings. The minimum Gasteiger partial charge on any atom is -0.357 e. The molecule has 0 radical (unpaired) electrons. The molecule has 2 atom stereocenters. The number of hydrogen-bond acceptors (Lipinski definition) is 2. The van der Waals surface area contributed by atoms with Gasteiger partial charge in [0.15, 0.2) is 0 Å². The zero-order chi connectivity index (χ0) is 11.0. The maximum Gasteiger partial charge on any atom is 0.267 e. The number of rotatable bonds is 2. The first-order chi connectivity index (χ1) is 7.81. The molecule has 4 nitrogen and oxygen atoms in total. The van der Waals surface area contributed by atoms with E-state index in [1.54, 1.807) is 6.20 Å². The smallest absolute Gasteiger partial charge is 0.267 e. The Bertz CT molecular complexity index is 367. The quantitative estimate of drug-likeness (QED) is 0.749. The van der Waals surface area contributed by atoms with E-state index in [0.717, 1.165) is 12.8 Å². The maximum absolute atomic E-state index is 11.8. The van der Waals surface area contributed by atoms with Gasteiger partial charge in [0.2, 0.25) is 0 Å². The lowest BCUT2D eigenvalue weighted by molar-refractivity contribution is 0.0919. The van der Waals surface area contributed by atoms with Crippen molar-refractivity contribution in [1.29, 1.82) is 0 Å². The van der Waals surface area contributed by atoms with Gasteiger partial charge in [0, 0.05) is 24.3 Å². The van der Waals surface area contributed by atoms with E-state index in [-0.39, 0.29) is 18.3 Å². The van der Waals surface area contributed by atoms with Crippen molar-refractivity contribution in [2.24, 2.45) is 0 Å². The lowest BCUT2D eigenvalue weighted by Gasteiger charge is -2.29. The van der Waals surface area contributed by atoms with Gasteiger partial charge in [-0.3, -0.25) is 4.79 Å². The number of aromatic nitrogens is 1. The summed E-state index contributed by atoms with van der Waals surface area (Å²) in [5, 5.41) is 6.68. The third-order valence-corrected chi connectivity index (χ3v) is 3.65. The van der Waals surface area contributed by atoms with Crippen LogP contribution in [0.15, 0.2) is 18.3 Å². The first-order valence-electron chi connectivity index (χ1n) is 6.01. The fourth-order valence-electron chi connectivity index (χ4n) is 2.91. The normalized spacial score (nSPS) is 30.7. The monoisotopic (exact) mass is 255 g/mol. The summed E-state index contributed by atoms with van der Waals surface area (Å²) in [6, 6.07) is 5.24. The summed E-state index contributed by atoms with van der Waals surface area (Å²) in [4.78, 5) is 14.8. The molecule has 0 aliphatic carbocycles. The number of fused-ring (bicyclic) bond motifs is 2. The van der Waals surface area contributed by atoms with Crippen molar-refractivity contribution in [2.75, 3.05) is 0 Å². The second-order valence-electron chi connectivity index (χ2n) is 4.86. The highest BCUT2D eigenvalue weighted by Crippen LogP contribution is 2.26. The average Bonchev–Trinajstić information content (AvgIpc) is 2.88. The van der Waals surface area contributed by atoms with Gasteiger partial charge in [-0.1, -0.05) is 0 Å². The summed E-state index contributed by atoms with van der Waals surface area (Å²) in [6.07, 6.45) is 6.45. The van der Waals surface area contributed by atoms with Gasteiger partial charge < -0.3 is 15.6 Å². The molecule has 3 rings (SSSR count). The summed E-state index contributed by atoms with van der Waals surface area (Å²) < 4.78 is 0. The number of piperidine rings is 1. The molecule has 5 heteroatoms. The van der Waals surface area contributed by atoms with Crippen LogP contribution in [0.5, 0.6) is 0 Å². The molecule has 2 aliphatic rings. The Hall–Kier alpha value is -1.00. The van der Waals surface area contributed by atoms with Crippen LogP contribution >= 0.6 is 12.4 Å². The van der Waals surface area contributed by atoms with Crippen molar-refractivity contribution in [3.8, 4) is 0 Å². The Morgan fingerprint density at radius 2 is 2.00 bits per heavy atom. The standard InChI is InChI=1S/C12H17N3O.ClH/c16-12(11-2-1-5-13-11)15-10-6-8-3-4-9(7-10)14-8;/h1-2,5,8-10,13-14H,3-4,6-7H2,(H,15,16);1H. The van der Waals surface area contributed by atoms with Crippen LogP contribution in [0.1, 0.15) is 36.2 Å². The van der Waals surface area contributed by atoms with Crippen molar-refractivity contribution in [3.63, 3.8) is 0 Å². The first kappa shape index (κ1) is 12.5. The van der Waals surface area contributed by atoms with Crippen LogP contribution in [0, 0.1) is 0 Å². The predicted molar refractivity (Wildman–Crippen MR) is 68.5 cm³/mol. The second-order valence-corrected chi connectivity index (χ2v) is 4.86. The van der Waals surface area contributed by atoms with Gasteiger partial charge in [-0.15, -0.1) is 12.4 Å². The van der Waals surface area contributed by atoms with Crippen molar-refractivity contribution < 1.29 is 4.79 Å². The predicted octanol–water partition coefficient (Wildman–Crippen LogP) is 1.45. The van der Waals surface area contributed by atoms with E-state index in [1.807, 2.05) is 12.1 Å². The van der Waals surface area contributed by atoms with Crippen LogP contribution in [-0.4, -0.2) is 29.0 Å². The number of aromatic amines is 1. The lowest BCUT2D eigenvalue weighted by atomic mass is 10.00. The van der Waals surface area contributed by atoms with Crippen LogP contribution in [-0.2, 0) is 0 Å². The van der Waals surface area contributed by atoms with E-state index in [2.05, 4.69) is 15.6 Å². The SMILES string of the molecule is Cl.O=C(NC1CC2CCC(C1)N2)c1ccc[nH]1. The van der Waals surface area contributed by atoms with Crippen LogP contribution < -0.4 is 10.6 Å². The van der Waals surface area contributed by atoms with Gasteiger partial charge in [-0.25, -0.2) is 0 Å². The van der Waals surface area contributed by atoms with Crippen LogP contribution in [0.3, 0.4) is 0 Å². The molecule has 2 bridgehead atoms. The number of halogens is 1. The van der Waals surface area contributed by atoms with Crippen LogP contribution in [0.4, 0.5) is 0 Å². The highest BCUT2D eigenvalue weighted by molar-refractivity contribution is 5.92. The third kappa shape index (κ3) is 2.64. The fourth-order valence-corrected chi connectivity index (χ4v) is 2.91. The summed E-state index contributed by atoms with van der Waals surface area (Å²) in [5.74, 6) is 0.0244. The molecule has 0 spiro atoms. The Balaban J connectivity index is 0.00000108. The molecule has 1 aromatic heterocycles. The summed E-state index contributed by atoms with van der Waals surface area (Å²) in [6.45, 7) is 0. The summed E-state index contributed by atoms with van der Waals surface area (Å²) in [7, 11) is 0. The minimum absolute atomic E-state index is 0. The molecule has 2 aliphatic heterocycles. The minimum atomic E-state index is 0. The van der Waals surface area contributed by atoms with Crippen molar-refractivity contribution in [2.45, 2.75) is 43.8 Å². The second kappa shape index (κ2) is 5.10. The summed E-state index contributed by atoms with van der Waals surface area (Å²) >= 11 is 0. The van der Waals surface area contributed by atoms with Crippen LogP contribution in [0.25, 0.3) is 0 Å². The number of hydrogen-bond donors (Lipinski definition) is 3. The van der Waals surface area contributed by atoms with E-state index in [1.165, 1.54) is 12.8 Å². The zero-order valence-corrected chi connectivity index (χ0v) is 10.4. The maximum atomic E-state index is 11.8. The molecule has 94 valence electrons. The molecule has 0 aromatic carbocycles. The van der Waals surface area contributed by atoms with E-state index in [9.17, 15) is 4.79 Å². The fraction of sp³-hybridized carbons (Fsp3) is 0.583. The first-order valence-corrected chi connectivity index (χ1v) is 6.01. The molecule has 2 unspecified atom stereocenters. The Morgan fingerprint density at radius 3 is 2.59 bits per heavy atom. The van der Waals surface area contributed by atoms with Gasteiger partial charge in [0.05, 0.1) is 0 Å². The topological polar surface area (TPSA) is 56.9 Å². The summed E-state index contributed by atoms with van der Waals surface area (Å²) in [5.41, 5.74) is 0.658. The number of amides is 1. The average molecular weight is 256 g/mol. The molecular weight excluding hydrogens is 238 g/mol. The van der Waals surface area contributed by atoms with Crippen LogP contribution in [0.2, 0.25) is 0 Å². The molecule has 3 heterocycles. The third-order valence-electron chi connectivity index (χ3n) is 3.65. The molecule has 3 N–H and O–H groups in total. The van der Waals surface area contributed by atoms with E-state index < -0.39 is 0 Å². The van der Waals surface area contributed by atoms with E-state index >= 15 is 0 Å². The number of nitrogens with one attached hydrogen (secondary N) is 3. The Morgan fingerprint density at radius 1 is 1.29 bits per heavy atom.